The second kappa shape index (κ2) is 8.98. The Labute approximate surface area is 98.4 Å². The predicted octanol–water partition coefficient (Wildman–Crippen LogP) is -2.18. The van der Waals surface area contributed by atoms with Crippen LogP contribution in [-0.4, -0.2) is 54.8 Å². The lowest BCUT2D eigenvalue weighted by atomic mass is 10.5. The number of carbonyl (C=O) groups is 3. The molecule has 0 heterocycles. The van der Waals surface area contributed by atoms with E-state index in [0.29, 0.717) is 13.1 Å². The fourth-order valence-electron chi connectivity index (χ4n) is 0.785. The van der Waals surface area contributed by atoms with Crippen molar-refractivity contribution in [1.82, 2.24) is 16.0 Å². The van der Waals surface area contributed by atoms with Crippen LogP contribution in [0.5, 0.6) is 0 Å². The van der Waals surface area contributed by atoms with Gasteiger partial charge in [0, 0.05) is 13.1 Å². The van der Waals surface area contributed by atoms with Crippen LogP contribution in [0.25, 0.3) is 0 Å². The van der Waals surface area contributed by atoms with Crippen molar-refractivity contribution in [2.75, 3.05) is 31.9 Å². The lowest BCUT2D eigenvalue weighted by Crippen LogP contribution is -2.39. The second-order valence-corrected chi connectivity index (χ2v) is 3.17. The number of hydrogen-bond donors (Lipinski definition) is 5. The highest BCUT2D eigenvalue weighted by atomic mass is 32.1. The summed E-state index contributed by atoms with van der Waals surface area (Å²) in [6.07, 6.45) is 0. The zero-order chi connectivity index (χ0) is 12.4. The molecule has 0 atom stereocenters. The molecule has 16 heavy (non-hydrogen) atoms. The number of carboxylic acids is 1. The zero-order valence-corrected chi connectivity index (χ0v) is 9.55. The van der Waals surface area contributed by atoms with Gasteiger partial charge in [0.05, 0.1) is 12.3 Å². The van der Waals surface area contributed by atoms with Gasteiger partial charge in [0.1, 0.15) is 6.54 Å². The molecule has 0 aliphatic carbocycles. The molecule has 0 aromatic heterocycles. The van der Waals surface area contributed by atoms with Crippen molar-refractivity contribution in [3.8, 4) is 0 Å². The molecule has 4 N–H and O–H groups in total. The van der Waals surface area contributed by atoms with Crippen LogP contribution >= 0.6 is 12.6 Å². The minimum Gasteiger partial charge on any atom is -0.480 e. The molecule has 2 amide bonds. The maximum absolute atomic E-state index is 11.0. The topological polar surface area (TPSA) is 108 Å². The molecule has 92 valence electrons. The Kier molecular flexibility index (Phi) is 8.26. The molecule has 0 radical (unpaired) electrons. The van der Waals surface area contributed by atoms with Crippen molar-refractivity contribution in [2.24, 2.45) is 0 Å². The Bertz CT molecular complexity index is 260. The summed E-state index contributed by atoms with van der Waals surface area (Å²) in [4.78, 5) is 31.8. The van der Waals surface area contributed by atoms with Gasteiger partial charge in [-0.15, -0.1) is 0 Å². The van der Waals surface area contributed by atoms with E-state index in [1.807, 2.05) is 0 Å². The third kappa shape index (κ3) is 9.28. The van der Waals surface area contributed by atoms with Gasteiger partial charge < -0.3 is 21.1 Å². The van der Waals surface area contributed by atoms with E-state index in [2.05, 4.69) is 28.6 Å². The Morgan fingerprint density at radius 3 is 2.25 bits per heavy atom. The molecule has 0 unspecified atom stereocenters. The first kappa shape index (κ1) is 14.7. The maximum Gasteiger partial charge on any atom is 0.322 e. The number of carbonyl (C=O) groups excluding carboxylic acids is 2. The van der Waals surface area contributed by atoms with Crippen LogP contribution in [0.4, 0.5) is 0 Å². The molecule has 0 spiro atoms. The Hall–Kier alpha value is -1.28. The van der Waals surface area contributed by atoms with Crippen LogP contribution in [0.2, 0.25) is 0 Å². The number of amides is 2. The highest BCUT2D eigenvalue weighted by Crippen LogP contribution is 1.71. The smallest absolute Gasteiger partial charge is 0.322 e. The van der Waals surface area contributed by atoms with Gasteiger partial charge in [-0.2, -0.15) is 12.6 Å². The largest absolute Gasteiger partial charge is 0.480 e. The lowest BCUT2D eigenvalue weighted by Gasteiger charge is -2.05. The molecule has 0 aromatic carbocycles. The molecular weight excluding hydrogens is 234 g/mol. The van der Waals surface area contributed by atoms with Crippen molar-refractivity contribution in [2.45, 2.75) is 0 Å². The van der Waals surface area contributed by atoms with Gasteiger partial charge in [0.25, 0.3) is 0 Å². The second-order valence-electron chi connectivity index (χ2n) is 2.86. The SMILES string of the molecule is O=C(O)CNC(=O)CNCCNC(=O)CS. The van der Waals surface area contributed by atoms with E-state index < -0.39 is 18.4 Å². The van der Waals surface area contributed by atoms with E-state index in [4.69, 9.17) is 5.11 Å². The van der Waals surface area contributed by atoms with Crippen LogP contribution in [0, 0.1) is 0 Å². The molecular formula is C8H15N3O4S. The summed E-state index contributed by atoms with van der Waals surface area (Å²) in [5, 5.41) is 15.8. The fourth-order valence-corrected chi connectivity index (χ4v) is 0.897. The van der Waals surface area contributed by atoms with Crippen molar-refractivity contribution in [3.05, 3.63) is 0 Å². The molecule has 0 saturated carbocycles. The van der Waals surface area contributed by atoms with Gasteiger partial charge in [-0.25, -0.2) is 0 Å². The van der Waals surface area contributed by atoms with E-state index in [0.717, 1.165) is 0 Å². The highest BCUT2D eigenvalue weighted by Gasteiger charge is 2.02. The summed E-state index contributed by atoms with van der Waals surface area (Å²) in [5.41, 5.74) is 0. The number of hydrogen-bond acceptors (Lipinski definition) is 5. The molecule has 0 aliphatic rings. The Balaban J connectivity index is 3.34. The summed E-state index contributed by atoms with van der Waals surface area (Å²) < 4.78 is 0. The minimum absolute atomic E-state index is 0.0179. The first-order valence-corrected chi connectivity index (χ1v) is 5.26. The summed E-state index contributed by atoms with van der Waals surface area (Å²) in [5.74, 6) is -1.54. The van der Waals surface area contributed by atoms with Gasteiger partial charge in [-0.3, -0.25) is 14.4 Å². The van der Waals surface area contributed by atoms with Crippen molar-refractivity contribution >= 4 is 30.4 Å². The normalized spacial score (nSPS) is 9.56. The van der Waals surface area contributed by atoms with Crippen LogP contribution < -0.4 is 16.0 Å². The fraction of sp³-hybridized carbons (Fsp3) is 0.625. The van der Waals surface area contributed by atoms with Gasteiger partial charge in [-0.1, -0.05) is 0 Å². The van der Waals surface area contributed by atoms with E-state index in [9.17, 15) is 14.4 Å². The van der Waals surface area contributed by atoms with Crippen LogP contribution in [0.1, 0.15) is 0 Å². The average molecular weight is 249 g/mol. The zero-order valence-electron chi connectivity index (χ0n) is 8.65. The summed E-state index contributed by atoms with van der Waals surface area (Å²) >= 11 is 3.77. The Morgan fingerprint density at radius 2 is 1.69 bits per heavy atom. The van der Waals surface area contributed by atoms with Crippen molar-refractivity contribution in [1.29, 1.82) is 0 Å². The average Bonchev–Trinajstić information content (AvgIpc) is 2.25. The molecule has 0 aliphatic heterocycles. The number of carboxylic acid groups (broad SMARTS) is 1. The predicted molar refractivity (Wildman–Crippen MR) is 60.4 cm³/mol. The number of thiol groups is 1. The molecule has 0 fully saturated rings. The highest BCUT2D eigenvalue weighted by molar-refractivity contribution is 7.81. The van der Waals surface area contributed by atoms with Gasteiger partial charge >= 0.3 is 5.97 Å². The van der Waals surface area contributed by atoms with Gasteiger partial charge in [0.15, 0.2) is 0 Å². The molecule has 0 rings (SSSR count). The third-order valence-corrected chi connectivity index (χ3v) is 1.78. The van der Waals surface area contributed by atoms with Crippen LogP contribution in [-0.2, 0) is 14.4 Å². The molecule has 7 nitrogen and oxygen atoms in total. The standard InChI is InChI=1S/C8H15N3O4S/c12-6(11-4-8(14)15)3-9-1-2-10-7(13)5-16/h9,16H,1-5H2,(H,10,13)(H,11,12)(H,14,15). The number of nitrogens with one attached hydrogen (secondary N) is 3. The monoisotopic (exact) mass is 249 g/mol. The van der Waals surface area contributed by atoms with E-state index in [-0.39, 0.29) is 18.2 Å². The van der Waals surface area contributed by atoms with Crippen molar-refractivity contribution < 1.29 is 19.5 Å². The summed E-state index contributed by atoms with van der Waals surface area (Å²) in [7, 11) is 0. The molecule has 0 saturated heterocycles. The van der Waals surface area contributed by atoms with Crippen LogP contribution in [0.15, 0.2) is 0 Å². The molecule has 0 bridgehead atoms. The minimum atomic E-state index is -1.09. The van der Waals surface area contributed by atoms with E-state index >= 15 is 0 Å². The molecule has 8 heteroatoms. The van der Waals surface area contributed by atoms with Gasteiger partial charge in [-0.05, 0) is 0 Å². The number of aliphatic carboxylic acids is 1. The van der Waals surface area contributed by atoms with Crippen LogP contribution in [0.3, 0.4) is 0 Å². The maximum atomic E-state index is 11.0. The first-order valence-electron chi connectivity index (χ1n) is 4.63. The summed E-state index contributed by atoms with van der Waals surface area (Å²) in [6.45, 7) is 0.451. The third-order valence-electron chi connectivity index (χ3n) is 1.49. The van der Waals surface area contributed by atoms with Crippen molar-refractivity contribution in [3.63, 3.8) is 0 Å². The first-order chi connectivity index (χ1) is 7.56. The Morgan fingerprint density at radius 1 is 1.00 bits per heavy atom. The quantitative estimate of drug-likeness (QED) is 0.248. The summed E-state index contributed by atoms with van der Waals surface area (Å²) in [6, 6.07) is 0. The van der Waals surface area contributed by atoms with E-state index in [1.54, 1.807) is 0 Å². The van der Waals surface area contributed by atoms with Gasteiger partial charge in [0.2, 0.25) is 11.8 Å². The number of rotatable bonds is 8. The van der Waals surface area contributed by atoms with E-state index in [1.165, 1.54) is 0 Å². The lowest BCUT2D eigenvalue weighted by molar-refractivity contribution is -0.137. The molecule has 0 aromatic rings.